The minimum absolute atomic E-state index is 0.202. The van der Waals surface area contributed by atoms with Gasteiger partial charge in [0.15, 0.2) is 0 Å². The summed E-state index contributed by atoms with van der Waals surface area (Å²) in [5.41, 5.74) is 2.57. The Balaban J connectivity index is 1.59. The van der Waals surface area contributed by atoms with Gasteiger partial charge in [-0.3, -0.25) is 14.6 Å². The SMILES string of the molecule is O=C(NCc1ccncc1)c1ccc(C(=O)Nc2ccc(Cl)cc2)cc1. The van der Waals surface area contributed by atoms with Crippen molar-refractivity contribution in [2.45, 2.75) is 6.54 Å². The maximum atomic E-state index is 12.2. The number of hydrogen-bond acceptors (Lipinski definition) is 3. The van der Waals surface area contributed by atoms with E-state index in [1.54, 1.807) is 60.9 Å². The lowest BCUT2D eigenvalue weighted by molar-refractivity contribution is 0.0949. The highest BCUT2D eigenvalue weighted by Gasteiger charge is 2.09. The molecule has 0 unspecified atom stereocenters. The van der Waals surface area contributed by atoms with Crippen molar-refractivity contribution in [2.24, 2.45) is 0 Å². The van der Waals surface area contributed by atoms with Crippen LogP contribution in [0.2, 0.25) is 5.02 Å². The van der Waals surface area contributed by atoms with Crippen molar-refractivity contribution in [3.8, 4) is 0 Å². The Hall–Kier alpha value is -3.18. The van der Waals surface area contributed by atoms with E-state index in [0.717, 1.165) is 5.56 Å². The first-order valence-electron chi connectivity index (χ1n) is 7.96. The minimum Gasteiger partial charge on any atom is -0.348 e. The van der Waals surface area contributed by atoms with E-state index in [2.05, 4.69) is 15.6 Å². The monoisotopic (exact) mass is 365 g/mol. The van der Waals surface area contributed by atoms with E-state index in [4.69, 9.17) is 11.6 Å². The van der Waals surface area contributed by atoms with Gasteiger partial charge < -0.3 is 10.6 Å². The van der Waals surface area contributed by atoms with E-state index >= 15 is 0 Å². The zero-order chi connectivity index (χ0) is 18.4. The van der Waals surface area contributed by atoms with Gasteiger partial charge in [-0.1, -0.05) is 11.6 Å². The van der Waals surface area contributed by atoms with Crippen LogP contribution in [0.15, 0.2) is 73.1 Å². The molecular weight excluding hydrogens is 350 g/mol. The topological polar surface area (TPSA) is 71.1 Å². The van der Waals surface area contributed by atoms with Gasteiger partial charge in [0.05, 0.1) is 0 Å². The van der Waals surface area contributed by atoms with Crippen LogP contribution in [0.4, 0.5) is 5.69 Å². The summed E-state index contributed by atoms with van der Waals surface area (Å²) in [6, 6.07) is 17.0. The van der Waals surface area contributed by atoms with Gasteiger partial charge in [-0.05, 0) is 66.2 Å². The van der Waals surface area contributed by atoms with Crippen LogP contribution in [0.5, 0.6) is 0 Å². The quantitative estimate of drug-likeness (QED) is 0.720. The maximum Gasteiger partial charge on any atom is 0.255 e. The van der Waals surface area contributed by atoms with E-state index in [0.29, 0.717) is 28.4 Å². The number of aromatic nitrogens is 1. The standard InChI is InChI=1S/C20H16ClN3O2/c21-17-5-7-18(8-6-17)24-20(26)16-3-1-15(2-4-16)19(25)23-13-14-9-11-22-12-10-14/h1-12H,13H2,(H,23,25)(H,24,26). The van der Waals surface area contributed by atoms with Crippen LogP contribution in [0.25, 0.3) is 0 Å². The molecule has 1 aromatic heterocycles. The second-order valence-corrected chi connectivity index (χ2v) is 6.01. The predicted octanol–water partition coefficient (Wildman–Crippen LogP) is 3.92. The first-order valence-corrected chi connectivity index (χ1v) is 8.34. The third kappa shape index (κ3) is 4.68. The molecule has 3 aromatic rings. The maximum absolute atomic E-state index is 12.2. The molecule has 5 nitrogen and oxygen atoms in total. The van der Waals surface area contributed by atoms with Crippen molar-refractivity contribution < 1.29 is 9.59 Å². The molecule has 2 amide bonds. The number of anilines is 1. The zero-order valence-corrected chi connectivity index (χ0v) is 14.5. The molecule has 0 bridgehead atoms. The number of amides is 2. The number of rotatable bonds is 5. The average molecular weight is 366 g/mol. The summed E-state index contributed by atoms with van der Waals surface area (Å²) in [4.78, 5) is 28.4. The summed E-state index contributed by atoms with van der Waals surface area (Å²) in [5.74, 6) is -0.456. The first kappa shape index (κ1) is 17.6. The summed E-state index contributed by atoms with van der Waals surface area (Å²) < 4.78 is 0. The van der Waals surface area contributed by atoms with Gasteiger partial charge in [0.1, 0.15) is 0 Å². The van der Waals surface area contributed by atoms with Crippen LogP contribution in [0, 0.1) is 0 Å². The fraction of sp³-hybridized carbons (Fsp3) is 0.0500. The van der Waals surface area contributed by atoms with Crippen LogP contribution in [-0.4, -0.2) is 16.8 Å². The van der Waals surface area contributed by atoms with Crippen molar-refractivity contribution in [1.29, 1.82) is 0 Å². The minimum atomic E-state index is -0.254. The third-order valence-corrected chi connectivity index (χ3v) is 3.97. The van der Waals surface area contributed by atoms with Gasteiger partial charge in [-0.15, -0.1) is 0 Å². The molecule has 6 heteroatoms. The van der Waals surface area contributed by atoms with Crippen molar-refractivity contribution >= 4 is 29.1 Å². The molecule has 0 aliphatic heterocycles. The number of hydrogen-bond donors (Lipinski definition) is 2. The van der Waals surface area contributed by atoms with Gasteiger partial charge in [-0.2, -0.15) is 0 Å². The number of carbonyl (C=O) groups is 2. The first-order chi connectivity index (χ1) is 12.6. The lowest BCUT2D eigenvalue weighted by Gasteiger charge is -2.07. The van der Waals surface area contributed by atoms with E-state index in [1.807, 2.05) is 12.1 Å². The van der Waals surface area contributed by atoms with E-state index in [9.17, 15) is 9.59 Å². The van der Waals surface area contributed by atoms with Crippen molar-refractivity contribution in [2.75, 3.05) is 5.32 Å². The number of benzene rings is 2. The largest absolute Gasteiger partial charge is 0.348 e. The summed E-state index contributed by atoms with van der Waals surface area (Å²) in [6.07, 6.45) is 3.35. The molecule has 0 atom stereocenters. The zero-order valence-electron chi connectivity index (χ0n) is 13.8. The highest BCUT2D eigenvalue weighted by atomic mass is 35.5. The molecule has 1 heterocycles. The summed E-state index contributed by atoms with van der Waals surface area (Å²) in [6.45, 7) is 0.417. The fourth-order valence-corrected chi connectivity index (χ4v) is 2.42. The Morgan fingerprint density at radius 3 is 2.00 bits per heavy atom. The number of pyridine rings is 1. The molecule has 2 N–H and O–H groups in total. The lowest BCUT2D eigenvalue weighted by Crippen LogP contribution is -2.23. The Morgan fingerprint density at radius 1 is 0.808 bits per heavy atom. The van der Waals surface area contributed by atoms with E-state index in [1.165, 1.54) is 0 Å². The molecule has 0 radical (unpaired) electrons. The Bertz CT molecular complexity index is 895. The van der Waals surface area contributed by atoms with Crippen molar-refractivity contribution in [3.63, 3.8) is 0 Å². The van der Waals surface area contributed by atoms with Crippen LogP contribution >= 0.6 is 11.6 Å². The van der Waals surface area contributed by atoms with Crippen LogP contribution in [0.1, 0.15) is 26.3 Å². The van der Waals surface area contributed by atoms with Crippen LogP contribution < -0.4 is 10.6 Å². The Labute approximate surface area is 156 Å². The van der Waals surface area contributed by atoms with Gasteiger partial charge in [0.25, 0.3) is 11.8 Å². The molecular formula is C20H16ClN3O2. The number of carbonyl (C=O) groups excluding carboxylic acids is 2. The second kappa shape index (κ2) is 8.27. The van der Waals surface area contributed by atoms with Crippen molar-refractivity contribution in [3.05, 3.63) is 94.8 Å². The van der Waals surface area contributed by atoms with Gasteiger partial charge in [0.2, 0.25) is 0 Å². The molecule has 130 valence electrons. The van der Waals surface area contributed by atoms with Crippen LogP contribution in [0.3, 0.4) is 0 Å². The third-order valence-electron chi connectivity index (χ3n) is 3.71. The summed E-state index contributed by atoms with van der Waals surface area (Å²) in [5, 5.41) is 6.21. The number of halogens is 1. The van der Waals surface area contributed by atoms with Crippen molar-refractivity contribution in [1.82, 2.24) is 10.3 Å². The van der Waals surface area contributed by atoms with Gasteiger partial charge in [0, 0.05) is 40.8 Å². The molecule has 26 heavy (non-hydrogen) atoms. The molecule has 0 aliphatic carbocycles. The van der Waals surface area contributed by atoms with Gasteiger partial charge >= 0.3 is 0 Å². The van der Waals surface area contributed by atoms with Gasteiger partial charge in [-0.25, -0.2) is 0 Å². The fourth-order valence-electron chi connectivity index (χ4n) is 2.29. The molecule has 0 fully saturated rings. The predicted molar refractivity (Wildman–Crippen MR) is 101 cm³/mol. The highest BCUT2D eigenvalue weighted by Crippen LogP contribution is 2.15. The van der Waals surface area contributed by atoms with Crippen LogP contribution in [-0.2, 0) is 6.54 Å². The second-order valence-electron chi connectivity index (χ2n) is 5.58. The molecule has 3 rings (SSSR count). The Morgan fingerprint density at radius 2 is 1.38 bits per heavy atom. The van der Waals surface area contributed by atoms with E-state index in [-0.39, 0.29) is 11.8 Å². The molecule has 0 aliphatic rings. The molecule has 0 saturated heterocycles. The smallest absolute Gasteiger partial charge is 0.255 e. The molecule has 2 aromatic carbocycles. The molecule has 0 saturated carbocycles. The normalized spacial score (nSPS) is 10.2. The average Bonchev–Trinajstić information content (AvgIpc) is 2.69. The molecule has 0 spiro atoms. The lowest BCUT2D eigenvalue weighted by atomic mass is 10.1. The summed E-state index contributed by atoms with van der Waals surface area (Å²) >= 11 is 5.82. The highest BCUT2D eigenvalue weighted by molar-refractivity contribution is 6.30. The van der Waals surface area contributed by atoms with E-state index < -0.39 is 0 Å². The Kier molecular flexibility index (Phi) is 5.61. The number of nitrogens with one attached hydrogen (secondary N) is 2. The summed E-state index contributed by atoms with van der Waals surface area (Å²) in [7, 11) is 0. The number of nitrogens with zero attached hydrogens (tertiary/aromatic N) is 1.